The second kappa shape index (κ2) is 8.28. The Morgan fingerprint density at radius 3 is 1.65 bits per heavy atom. The fourth-order valence-corrected chi connectivity index (χ4v) is 2.28. The maximum atomic E-state index is 12.3. The van der Waals surface area contributed by atoms with Gasteiger partial charge in [-0.2, -0.15) is 0 Å². The SMILES string of the molecule is CC(C)CC(=O)C(OC(=O)N(C(C)C)C(C)C)C(C)C. The van der Waals surface area contributed by atoms with Crippen LogP contribution in [-0.4, -0.2) is 35.0 Å². The zero-order valence-corrected chi connectivity index (χ0v) is 14.3. The number of hydrogen-bond acceptors (Lipinski definition) is 3. The fourth-order valence-electron chi connectivity index (χ4n) is 2.28. The summed E-state index contributed by atoms with van der Waals surface area (Å²) < 4.78 is 5.50. The molecule has 0 aromatic carbocycles. The molecule has 0 aromatic rings. The minimum atomic E-state index is -0.648. The predicted octanol–water partition coefficient (Wildman–Crippen LogP) is 3.88. The van der Waals surface area contributed by atoms with Crippen LogP contribution in [0.15, 0.2) is 0 Å². The van der Waals surface area contributed by atoms with Crippen molar-refractivity contribution in [3.8, 4) is 0 Å². The number of ether oxygens (including phenoxy) is 1. The lowest BCUT2D eigenvalue weighted by molar-refractivity contribution is -0.131. The van der Waals surface area contributed by atoms with Gasteiger partial charge in [-0.15, -0.1) is 0 Å². The quantitative estimate of drug-likeness (QED) is 0.713. The molecule has 0 bridgehead atoms. The average Bonchev–Trinajstić information content (AvgIpc) is 2.22. The molecule has 4 nitrogen and oxygen atoms in total. The lowest BCUT2D eigenvalue weighted by atomic mass is 9.96. The van der Waals surface area contributed by atoms with Gasteiger partial charge in [-0.1, -0.05) is 27.7 Å². The number of nitrogens with zero attached hydrogens (tertiary/aromatic N) is 1. The van der Waals surface area contributed by atoms with Crippen molar-refractivity contribution in [1.29, 1.82) is 0 Å². The molecule has 0 aliphatic heterocycles. The summed E-state index contributed by atoms with van der Waals surface area (Å²) in [4.78, 5) is 26.1. The van der Waals surface area contributed by atoms with Crippen molar-refractivity contribution in [3.05, 3.63) is 0 Å². The normalized spacial score (nSPS) is 13.2. The largest absolute Gasteiger partial charge is 0.438 e. The summed E-state index contributed by atoms with van der Waals surface area (Å²) in [5.41, 5.74) is 0. The first kappa shape index (κ1) is 18.9. The van der Waals surface area contributed by atoms with Crippen molar-refractivity contribution in [2.45, 2.75) is 80.0 Å². The molecule has 0 aromatic heterocycles. The first-order valence-corrected chi connectivity index (χ1v) is 7.59. The number of amides is 1. The van der Waals surface area contributed by atoms with Gasteiger partial charge in [-0.25, -0.2) is 4.79 Å². The molecule has 0 aliphatic rings. The first-order valence-electron chi connectivity index (χ1n) is 7.59. The Morgan fingerprint density at radius 2 is 1.35 bits per heavy atom. The minimum absolute atomic E-state index is 0.00799. The van der Waals surface area contributed by atoms with Crippen LogP contribution < -0.4 is 0 Å². The van der Waals surface area contributed by atoms with Crippen LogP contribution in [0, 0.1) is 11.8 Å². The maximum Gasteiger partial charge on any atom is 0.410 e. The van der Waals surface area contributed by atoms with E-state index in [-0.39, 0.29) is 29.7 Å². The van der Waals surface area contributed by atoms with Crippen LogP contribution in [0.4, 0.5) is 4.79 Å². The highest BCUT2D eigenvalue weighted by Gasteiger charge is 2.30. The molecule has 0 N–H and O–H groups in total. The summed E-state index contributed by atoms with van der Waals surface area (Å²) in [5, 5.41) is 0. The van der Waals surface area contributed by atoms with E-state index >= 15 is 0 Å². The van der Waals surface area contributed by atoms with Gasteiger partial charge in [0.25, 0.3) is 0 Å². The van der Waals surface area contributed by atoms with Gasteiger partial charge in [0.1, 0.15) is 0 Å². The van der Waals surface area contributed by atoms with Crippen LogP contribution in [0.3, 0.4) is 0 Å². The third-order valence-corrected chi connectivity index (χ3v) is 3.08. The Bertz CT molecular complexity index is 314. The number of carbonyl (C=O) groups excluding carboxylic acids is 2. The Kier molecular flexibility index (Phi) is 7.84. The predicted molar refractivity (Wildman–Crippen MR) is 81.7 cm³/mol. The minimum Gasteiger partial charge on any atom is -0.438 e. The van der Waals surface area contributed by atoms with Crippen molar-refractivity contribution < 1.29 is 14.3 Å². The van der Waals surface area contributed by atoms with E-state index in [1.807, 2.05) is 55.4 Å². The van der Waals surface area contributed by atoms with E-state index in [0.717, 1.165) is 0 Å². The molecule has 0 spiro atoms. The molecule has 4 heteroatoms. The van der Waals surface area contributed by atoms with Gasteiger partial charge in [-0.3, -0.25) is 4.79 Å². The smallest absolute Gasteiger partial charge is 0.410 e. The molecule has 0 radical (unpaired) electrons. The van der Waals surface area contributed by atoms with E-state index < -0.39 is 12.2 Å². The molecule has 20 heavy (non-hydrogen) atoms. The maximum absolute atomic E-state index is 12.3. The van der Waals surface area contributed by atoms with E-state index in [2.05, 4.69) is 0 Å². The molecular formula is C16H31NO3. The standard InChI is InChI=1S/C16H31NO3/c1-10(2)9-14(18)15(11(3)4)20-16(19)17(12(5)6)13(7)8/h10-13,15H,9H2,1-8H3. The highest BCUT2D eigenvalue weighted by atomic mass is 16.6. The van der Waals surface area contributed by atoms with Crippen molar-refractivity contribution in [1.82, 2.24) is 4.90 Å². The zero-order chi connectivity index (χ0) is 16.0. The Balaban J connectivity index is 4.91. The Morgan fingerprint density at radius 1 is 0.900 bits per heavy atom. The van der Waals surface area contributed by atoms with Gasteiger partial charge >= 0.3 is 6.09 Å². The van der Waals surface area contributed by atoms with Gasteiger partial charge in [0, 0.05) is 18.5 Å². The highest BCUT2D eigenvalue weighted by Crippen LogP contribution is 2.17. The number of rotatable bonds is 7. The molecule has 0 heterocycles. The first-order chi connectivity index (χ1) is 9.07. The van der Waals surface area contributed by atoms with Gasteiger partial charge in [0.05, 0.1) is 0 Å². The number of carbonyl (C=O) groups is 2. The summed E-state index contributed by atoms with van der Waals surface area (Å²) >= 11 is 0. The summed E-state index contributed by atoms with van der Waals surface area (Å²) in [7, 11) is 0. The van der Waals surface area contributed by atoms with Crippen molar-refractivity contribution in [2.75, 3.05) is 0 Å². The Hall–Kier alpha value is -1.06. The third-order valence-electron chi connectivity index (χ3n) is 3.08. The monoisotopic (exact) mass is 285 g/mol. The van der Waals surface area contributed by atoms with Crippen LogP contribution in [0.2, 0.25) is 0 Å². The van der Waals surface area contributed by atoms with E-state index in [0.29, 0.717) is 6.42 Å². The zero-order valence-electron chi connectivity index (χ0n) is 14.3. The molecule has 0 rings (SSSR count). The van der Waals surface area contributed by atoms with Crippen molar-refractivity contribution in [2.24, 2.45) is 11.8 Å². The second-order valence-electron chi connectivity index (χ2n) is 6.71. The number of ketones is 1. The van der Waals surface area contributed by atoms with Gasteiger partial charge in [-0.05, 0) is 39.5 Å². The molecule has 0 aliphatic carbocycles. The third kappa shape index (κ3) is 5.93. The molecule has 1 atom stereocenters. The molecule has 0 saturated heterocycles. The van der Waals surface area contributed by atoms with Crippen LogP contribution in [0.5, 0.6) is 0 Å². The molecule has 1 unspecified atom stereocenters. The van der Waals surface area contributed by atoms with Crippen LogP contribution in [-0.2, 0) is 9.53 Å². The lowest BCUT2D eigenvalue weighted by Crippen LogP contribution is -2.45. The summed E-state index contributed by atoms with van der Waals surface area (Å²) in [6.07, 6.45) is -0.602. The van der Waals surface area contributed by atoms with Crippen molar-refractivity contribution in [3.63, 3.8) is 0 Å². The van der Waals surface area contributed by atoms with E-state index in [4.69, 9.17) is 4.74 Å². The van der Waals surface area contributed by atoms with Crippen molar-refractivity contribution >= 4 is 11.9 Å². The van der Waals surface area contributed by atoms with E-state index in [1.165, 1.54) is 0 Å². The van der Waals surface area contributed by atoms with Crippen LogP contribution in [0.1, 0.15) is 61.8 Å². The molecule has 0 fully saturated rings. The number of Topliss-reactive ketones (excluding diaryl/α,β-unsaturated/α-hetero) is 1. The second-order valence-corrected chi connectivity index (χ2v) is 6.71. The van der Waals surface area contributed by atoms with E-state index in [9.17, 15) is 9.59 Å². The van der Waals surface area contributed by atoms with E-state index in [1.54, 1.807) is 4.90 Å². The average molecular weight is 285 g/mol. The number of hydrogen-bond donors (Lipinski definition) is 0. The van der Waals surface area contributed by atoms with Gasteiger partial charge in [0.2, 0.25) is 0 Å². The molecule has 118 valence electrons. The lowest BCUT2D eigenvalue weighted by Gasteiger charge is -2.32. The highest BCUT2D eigenvalue weighted by molar-refractivity contribution is 5.85. The summed E-state index contributed by atoms with van der Waals surface area (Å²) in [5.74, 6) is 0.274. The summed E-state index contributed by atoms with van der Waals surface area (Å²) in [6.45, 7) is 15.6. The summed E-state index contributed by atoms with van der Waals surface area (Å²) in [6, 6.07) is 0.103. The van der Waals surface area contributed by atoms with Crippen LogP contribution in [0.25, 0.3) is 0 Å². The Labute approximate surface area is 123 Å². The molecule has 0 saturated carbocycles. The van der Waals surface area contributed by atoms with Gasteiger partial charge in [0.15, 0.2) is 11.9 Å². The molecular weight excluding hydrogens is 254 g/mol. The topological polar surface area (TPSA) is 46.6 Å². The fraction of sp³-hybridized carbons (Fsp3) is 0.875. The molecule has 1 amide bonds. The van der Waals surface area contributed by atoms with Crippen LogP contribution >= 0.6 is 0 Å². The van der Waals surface area contributed by atoms with Gasteiger partial charge < -0.3 is 9.64 Å².